The summed E-state index contributed by atoms with van der Waals surface area (Å²) >= 11 is 1.65. The number of hydrogen-bond donors (Lipinski definition) is 0. The van der Waals surface area contributed by atoms with Gasteiger partial charge in [0.1, 0.15) is 4.83 Å². The van der Waals surface area contributed by atoms with Crippen LogP contribution in [-0.4, -0.2) is 9.13 Å². The lowest BCUT2D eigenvalue weighted by Gasteiger charge is -2.14. The third kappa shape index (κ3) is 3.79. The summed E-state index contributed by atoms with van der Waals surface area (Å²) in [5.74, 6) is 0. The van der Waals surface area contributed by atoms with Crippen molar-refractivity contribution in [2.45, 2.75) is 52.1 Å². The maximum absolute atomic E-state index is 13.6. The highest BCUT2D eigenvalue weighted by molar-refractivity contribution is 7.18. The Labute approximate surface area is 185 Å². The van der Waals surface area contributed by atoms with Gasteiger partial charge in [0, 0.05) is 11.4 Å². The average Bonchev–Trinajstić information content (AvgIpc) is 3.17. The van der Waals surface area contributed by atoms with E-state index in [-0.39, 0.29) is 11.2 Å². The van der Waals surface area contributed by atoms with Crippen molar-refractivity contribution in [3.8, 4) is 0 Å². The van der Waals surface area contributed by atoms with Gasteiger partial charge in [0.2, 0.25) is 0 Å². The molecule has 1 aliphatic carbocycles. The van der Waals surface area contributed by atoms with E-state index in [4.69, 9.17) is 0 Å². The van der Waals surface area contributed by atoms with Crippen molar-refractivity contribution in [2.75, 3.05) is 0 Å². The number of thiophene rings is 1. The Morgan fingerprint density at radius 2 is 1.68 bits per heavy atom. The highest BCUT2D eigenvalue weighted by atomic mass is 32.1. The molecule has 0 saturated heterocycles. The quantitative estimate of drug-likeness (QED) is 0.461. The minimum absolute atomic E-state index is 0.115. The Hall–Kier alpha value is -2.92. The largest absolute Gasteiger partial charge is 0.332 e. The molecule has 5 rings (SSSR count). The van der Waals surface area contributed by atoms with Gasteiger partial charge in [-0.2, -0.15) is 0 Å². The van der Waals surface area contributed by atoms with Crippen molar-refractivity contribution in [2.24, 2.45) is 0 Å². The fraction of sp³-hybridized carbons (Fsp3) is 0.308. The van der Waals surface area contributed by atoms with Crippen LogP contribution in [-0.2, 0) is 32.4 Å². The van der Waals surface area contributed by atoms with Crippen LogP contribution in [0.4, 0.5) is 0 Å². The summed E-state index contributed by atoms with van der Waals surface area (Å²) in [5, 5.41) is 0.778. The molecule has 2 heterocycles. The molecule has 0 aliphatic heterocycles. The highest BCUT2D eigenvalue weighted by Gasteiger charge is 2.23. The summed E-state index contributed by atoms with van der Waals surface area (Å²) in [6.45, 7) is 2.95. The Morgan fingerprint density at radius 1 is 0.903 bits per heavy atom. The van der Waals surface area contributed by atoms with Crippen LogP contribution in [0.25, 0.3) is 10.2 Å². The lowest BCUT2D eigenvalue weighted by molar-refractivity contribution is 0.590. The van der Waals surface area contributed by atoms with Crippen LogP contribution in [0.5, 0.6) is 0 Å². The van der Waals surface area contributed by atoms with E-state index in [0.717, 1.165) is 47.0 Å². The first-order chi connectivity index (χ1) is 15.1. The maximum Gasteiger partial charge on any atom is 0.332 e. The number of nitrogens with zero attached hydrogens (tertiary/aromatic N) is 2. The number of hydrogen-bond acceptors (Lipinski definition) is 3. The molecule has 0 radical (unpaired) electrons. The van der Waals surface area contributed by atoms with E-state index < -0.39 is 0 Å². The third-order valence-corrected chi connectivity index (χ3v) is 7.52. The summed E-state index contributed by atoms with van der Waals surface area (Å²) in [5.41, 5.74) is 4.26. The first kappa shape index (κ1) is 20.0. The van der Waals surface area contributed by atoms with Crippen LogP contribution in [0, 0.1) is 6.92 Å². The molecule has 0 spiro atoms. The van der Waals surface area contributed by atoms with Gasteiger partial charge in [0.15, 0.2) is 0 Å². The van der Waals surface area contributed by atoms with Gasteiger partial charge >= 0.3 is 5.69 Å². The lowest BCUT2D eigenvalue weighted by atomic mass is 9.97. The topological polar surface area (TPSA) is 44.0 Å². The van der Waals surface area contributed by atoms with E-state index in [1.54, 1.807) is 11.3 Å². The SMILES string of the molecule is Cc1cccc(Cn2c(=O)n(CCc3ccccc3)c(=O)c3c4c(sc32)CCCC4)c1. The van der Waals surface area contributed by atoms with Gasteiger partial charge in [-0.05, 0) is 55.7 Å². The number of aryl methyl sites for hydroxylation is 4. The van der Waals surface area contributed by atoms with Gasteiger partial charge in [-0.25, -0.2) is 4.79 Å². The van der Waals surface area contributed by atoms with Crippen molar-refractivity contribution in [1.82, 2.24) is 9.13 Å². The minimum Gasteiger partial charge on any atom is -0.280 e. The molecule has 0 fully saturated rings. The maximum atomic E-state index is 13.6. The summed E-state index contributed by atoms with van der Waals surface area (Å²) in [7, 11) is 0. The molecule has 2 aromatic carbocycles. The summed E-state index contributed by atoms with van der Waals surface area (Å²) in [4.78, 5) is 29.2. The molecule has 158 valence electrons. The van der Waals surface area contributed by atoms with E-state index in [1.165, 1.54) is 20.6 Å². The predicted octanol–water partition coefficient (Wildman–Crippen LogP) is 4.70. The van der Waals surface area contributed by atoms with Gasteiger partial charge in [-0.15, -0.1) is 11.3 Å². The van der Waals surface area contributed by atoms with E-state index in [2.05, 4.69) is 25.1 Å². The molecule has 31 heavy (non-hydrogen) atoms. The first-order valence-corrected chi connectivity index (χ1v) is 11.8. The smallest absolute Gasteiger partial charge is 0.280 e. The Morgan fingerprint density at radius 3 is 2.48 bits per heavy atom. The summed E-state index contributed by atoms with van der Waals surface area (Å²) in [6.07, 6.45) is 4.88. The van der Waals surface area contributed by atoms with Gasteiger partial charge in [-0.3, -0.25) is 13.9 Å². The van der Waals surface area contributed by atoms with E-state index in [0.29, 0.717) is 19.5 Å². The molecule has 0 atom stereocenters. The zero-order valence-corrected chi connectivity index (χ0v) is 18.6. The Kier molecular flexibility index (Phi) is 5.36. The molecule has 4 aromatic rings. The van der Waals surface area contributed by atoms with E-state index in [9.17, 15) is 9.59 Å². The monoisotopic (exact) mass is 430 g/mol. The third-order valence-electron chi connectivity index (χ3n) is 6.21. The standard InChI is InChI=1S/C26H26N2O2S/c1-18-8-7-11-20(16-18)17-28-25-23(21-12-5-6-13-22(21)31-25)24(29)27(26(28)30)15-14-19-9-3-2-4-10-19/h2-4,7-11,16H,5-6,12-15,17H2,1H3. The molecule has 0 bridgehead atoms. The Balaban J connectivity index is 1.67. The zero-order chi connectivity index (χ0) is 21.4. The highest BCUT2D eigenvalue weighted by Crippen LogP contribution is 2.34. The molecule has 0 amide bonds. The lowest BCUT2D eigenvalue weighted by Crippen LogP contribution is -2.40. The molecular weight excluding hydrogens is 404 g/mol. The van der Waals surface area contributed by atoms with Crippen LogP contribution in [0.1, 0.15) is 40.0 Å². The van der Waals surface area contributed by atoms with Crippen LogP contribution in [0.2, 0.25) is 0 Å². The summed E-state index contributed by atoms with van der Waals surface area (Å²) < 4.78 is 3.30. The van der Waals surface area contributed by atoms with Crippen molar-refractivity contribution in [3.05, 3.63) is 103 Å². The van der Waals surface area contributed by atoms with Crippen LogP contribution < -0.4 is 11.2 Å². The number of rotatable bonds is 5. The van der Waals surface area contributed by atoms with Crippen molar-refractivity contribution >= 4 is 21.6 Å². The van der Waals surface area contributed by atoms with Crippen LogP contribution >= 0.6 is 11.3 Å². The van der Waals surface area contributed by atoms with Crippen molar-refractivity contribution < 1.29 is 0 Å². The molecule has 4 nitrogen and oxygen atoms in total. The second kappa shape index (κ2) is 8.31. The number of aromatic nitrogens is 2. The number of benzene rings is 2. The average molecular weight is 431 g/mol. The first-order valence-electron chi connectivity index (χ1n) is 11.0. The van der Waals surface area contributed by atoms with Crippen molar-refractivity contribution in [1.29, 1.82) is 0 Å². The van der Waals surface area contributed by atoms with E-state index >= 15 is 0 Å². The van der Waals surface area contributed by atoms with Crippen LogP contribution in [0.15, 0.2) is 64.2 Å². The predicted molar refractivity (Wildman–Crippen MR) is 127 cm³/mol. The molecule has 0 unspecified atom stereocenters. The fourth-order valence-electron chi connectivity index (χ4n) is 4.63. The van der Waals surface area contributed by atoms with E-state index in [1.807, 2.05) is 41.0 Å². The van der Waals surface area contributed by atoms with Gasteiger partial charge in [-0.1, -0.05) is 60.2 Å². The number of fused-ring (bicyclic) bond motifs is 3. The molecule has 0 saturated carbocycles. The van der Waals surface area contributed by atoms with Crippen LogP contribution in [0.3, 0.4) is 0 Å². The fourth-order valence-corrected chi connectivity index (χ4v) is 6.00. The second-order valence-electron chi connectivity index (χ2n) is 8.44. The Bertz CT molecular complexity index is 1360. The van der Waals surface area contributed by atoms with Crippen molar-refractivity contribution in [3.63, 3.8) is 0 Å². The zero-order valence-electron chi connectivity index (χ0n) is 17.8. The van der Waals surface area contributed by atoms with Gasteiger partial charge < -0.3 is 0 Å². The summed E-state index contributed by atoms with van der Waals surface area (Å²) in [6, 6.07) is 18.3. The van der Waals surface area contributed by atoms with Gasteiger partial charge in [0.05, 0.1) is 11.9 Å². The second-order valence-corrected chi connectivity index (χ2v) is 9.52. The normalized spacial score (nSPS) is 13.5. The molecule has 5 heteroatoms. The molecule has 0 N–H and O–H groups in total. The molecule has 2 aromatic heterocycles. The van der Waals surface area contributed by atoms with Gasteiger partial charge in [0.25, 0.3) is 5.56 Å². The molecule has 1 aliphatic rings. The molecular formula is C26H26N2O2S. The minimum atomic E-state index is -0.200.